The van der Waals surface area contributed by atoms with Crippen LogP contribution in [-0.4, -0.2) is 11.9 Å². The van der Waals surface area contributed by atoms with Gasteiger partial charge in [-0.25, -0.2) is 4.99 Å². The second-order valence-corrected chi connectivity index (χ2v) is 4.29. The fourth-order valence-corrected chi connectivity index (χ4v) is 2.04. The highest BCUT2D eigenvalue weighted by molar-refractivity contribution is 9.11. The predicted molar refractivity (Wildman–Crippen MR) is 68.9 cm³/mol. The van der Waals surface area contributed by atoms with Crippen LogP contribution in [0.4, 0.5) is 5.69 Å². The lowest BCUT2D eigenvalue weighted by Gasteiger charge is -2.01. The van der Waals surface area contributed by atoms with Crippen LogP contribution in [0.1, 0.15) is 0 Å². The van der Waals surface area contributed by atoms with Crippen LogP contribution in [-0.2, 0) is 0 Å². The molecule has 0 saturated heterocycles. The van der Waals surface area contributed by atoms with Crippen molar-refractivity contribution in [1.82, 2.24) is 0 Å². The van der Waals surface area contributed by atoms with Crippen molar-refractivity contribution in [1.29, 1.82) is 0 Å². The van der Waals surface area contributed by atoms with Crippen LogP contribution in [0, 0.1) is 0 Å². The number of halogens is 2. The van der Waals surface area contributed by atoms with E-state index >= 15 is 0 Å². The van der Waals surface area contributed by atoms with Crippen molar-refractivity contribution < 1.29 is 0 Å². The van der Waals surface area contributed by atoms with Gasteiger partial charge in [0.05, 0.1) is 5.69 Å². The largest absolute Gasteiger partial charge is 0.370 e. The standard InChI is InChI=1S/C8H9Br2N5/c9-4-2-1-3-5(10)6(4)14-8(13)15-7(11)12/h1-3H,(H6,11,12,13,14,15). The molecule has 0 saturated carbocycles. The van der Waals surface area contributed by atoms with E-state index in [0.29, 0.717) is 5.69 Å². The van der Waals surface area contributed by atoms with Crippen molar-refractivity contribution >= 4 is 49.5 Å². The van der Waals surface area contributed by atoms with E-state index < -0.39 is 0 Å². The highest BCUT2D eigenvalue weighted by atomic mass is 79.9. The van der Waals surface area contributed by atoms with Crippen LogP contribution in [0.15, 0.2) is 37.1 Å². The van der Waals surface area contributed by atoms with E-state index in [1.54, 1.807) is 0 Å². The number of hydrogen-bond donors (Lipinski definition) is 3. The number of benzene rings is 1. The first-order chi connectivity index (χ1) is 7.00. The predicted octanol–water partition coefficient (Wildman–Crippen LogP) is 1.43. The van der Waals surface area contributed by atoms with Gasteiger partial charge in [-0.05, 0) is 44.0 Å². The first-order valence-corrected chi connectivity index (χ1v) is 5.47. The average molecular weight is 335 g/mol. The minimum absolute atomic E-state index is 0.00241. The Morgan fingerprint density at radius 3 is 2.07 bits per heavy atom. The summed E-state index contributed by atoms with van der Waals surface area (Å²) in [6.45, 7) is 0. The monoisotopic (exact) mass is 333 g/mol. The summed E-state index contributed by atoms with van der Waals surface area (Å²) in [5.74, 6) is -0.123. The summed E-state index contributed by atoms with van der Waals surface area (Å²) in [7, 11) is 0. The highest BCUT2D eigenvalue weighted by Crippen LogP contribution is 2.33. The minimum Gasteiger partial charge on any atom is -0.370 e. The third-order valence-electron chi connectivity index (χ3n) is 1.41. The van der Waals surface area contributed by atoms with E-state index in [1.807, 2.05) is 18.2 Å². The molecule has 15 heavy (non-hydrogen) atoms. The van der Waals surface area contributed by atoms with Gasteiger partial charge in [-0.15, -0.1) is 0 Å². The van der Waals surface area contributed by atoms with Gasteiger partial charge in [0, 0.05) is 8.95 Å². The van der Waals surface area contributed by atoms with Crippen LogP contribution in [0.2, 0.25) is 0 Å². The zero-order chi connectivity index (χ0) is 11.4. The van der Waals surface area contributed by atoms with E-state index in [1.165, 1.54) is 0 Å². The van der Waals surface area contributed by atoms with Crippen molar-refractivity contribution in [3.05, 3.63) is 27.1 Å². The summed E-state index contributed by atoms with van der Waals surface area (Å²) in [6.07, 6.45) is 0. The van der Waals surface area contributed by atoms with Crippen LogP contribution in [0.5, 0.6) is 0 Å². The summed E-state index contributed by atoms with van der Waals surface area (Å²) < 4.78 is 1.59. The van der Waals surface area contributed by atoms with Crippen LogP contribution < -0.4 is 17.2 Å². The SMILES string of the molecule is NC(N)=NC(N)=Nc1c(Br)cccc1Br. The lowest BCUT2D eigenvalue weighted by molar-refractivity contribution is 1.36. The molecule has 1 rings (SSSR count). The third kappa shape index (κ3) is 3.52. The quantitative estimate of drug-likeness (QED) is 0.534. The molecule has 0 atom stereocenters. The maximum absolute atomic E-state index is 5.51. The Kier molecular flexibility index (Phi) is 4.10. The number of rotatable bonds is 1. The molecule has 6 N–H and O–H groups in total. The molecular weight excluding hydrogens is 326 g/mol. The normalized spacial score (nSPS) is 11.2. The topological polar surface area (TPSA) is 103 Å². The van der Waals surface area contributed by atoms with Crippen LogP contribution in [0.25, 0.3) is 0 Å². The zero-order valence-electron chi connectivity index (χ0n) is 7.61. The molecule has 1 aromatic rings. The van der Waals surface area contributed by atoms with Gasteiger partial charge in [0.1, 0.15) is 0 Å². The molecule has 1 aromatic carbocycles. The average Bonchev–Trinajstić information content (AvgIpc) is 2.10. The van der Waals surface area contributed by atoms with Gasteiger partial charge in [-0.2, -0.15) is 4.99 Å². The molecule has 0 unspecified atom stereocenters. The molecule has 80 valence electrons. The van der Waals surface area contributed by atoms with Crippen molar-refractivity contribution in [3.8, 4) is 0 Å². The summed E-state index contributed by atoms with van der Waals surface area (Å²) in [4.78, 5) is 7.66. The molecular formula is C8H9Br2N5. The fraction of sp³-hybridized carbons (Fsp3) is 0. The van der Waals surface area contributed by atoms with Gasteiger partial charge in [0.25, 0.3) is 0 Å². The number of aliphatic imine (C=N–C) groups is 2. The van der Waals surface area contributed by atoms with Crippen molar-refractivity contribution in [2.45, 2.75) is 0 Å². The minimum atomic E-state index is -0.126. The number of hydrogen-bond acceptors (Lipinski definition) is 1. The zero-order valence-corrected chi connectivity index (χ0v) is 10.8. The molecule has 7 heteroatoms. The maximum Gasteiger partial charge on any atom is 0.223 e. The van der Waals surface area contributed by atoms with E-state index in [4.69, 9.17) is 17.2 Å². The second kappa shape index (κ2) is 5.13. The molecule has 0 radical (unpaired) electrons. The van der Waals surface area contributed by atoms with Gasteiger partial charge in [-0.3, -0.25) is 0 Å². The van der Waals surface area contributed by atoms with Crippen molar-refractivity contribution in [2.75, 3.05) is 0 Å². The fourth-order valence-electron chi connectivity index (χ4n) is 0.868. The molecule has 0 fully saturated rings. The van der Waals surface area contributed by atoms with Gasteiger partial charge >= 0.3 is 0 Å². The van der Waals surface area contributed by atoms with Crippen LogP contribution >= 0.6 is 31.9 Å². The summed E-state index contributed by atoms with van der Waals surface area (Å²) >= 11 is 6.68. The summed E-state index contributed by atoms with van der Waals surface area (Å²) in [6, 6.07) is 5.54. The lowest BCUT2D eigenvalue weighted by atomic mass is 10.3. The Balaban J connectivity index is 3.13. The van der Waals surface area contributed by atoms with Crippen LogP contribution in [0.3, 0.4) is 0 Å². The molecule has 5 nitrogen and oxygen atoms in total. The number of para-hydroxylation sites is 1. The van der Waals surface area contributed by atoms with Gasteiger partial charge in [0.15, 0.2) is 5.96 Å². The second-order valence-electron chi connectivity index (χ2n) is 2.58. The number of nitrogens with two attached hydrogens (primary N) is 3. The first kappa shape index (κ1) is 12.0. The molecule has 0 heterocycles. The number of guanidine groups is 2. The highest BCUT2D eigenvalue weighted by Gasteiger charge is 2.03. The molecule has 0 bridgehead atoms. The Bertz CT molecular complexity index is 403. The summed E-state index contributed by atoms with van der Waals surface area (Å²) in [5, 5.41) is 0. The van der Waals surface area contributed by atoms with Crippen molar-refractivity contribution in [2.24, 2.45) is 27.2 Å². The Morgan fingerprint density at radius 2 is 1.60 bits per heavy atom. The Morgan fingerprint density at radius 1 is 1.07 bits per heavy atom. The lowest BCUT2D eigenvalue weighted by Crippen LogP contribution is -2.26. The van der Waals surface area contributed by atoms with E-state index in [2.05, 4.69) is 41.8 Å². The Hall–Kier alpha value is -1.08. The molecule has 0 aromatic heterocycles. The van der Waals surface area contributed by atoms with E-state index in [0.717, 1.165) is 8.95 Å². The summed E-state index contributed by atoms with van der Waals surface area (Å²) in [5.41, 5.74) is 16.5. The van der Waals surface area contributed by atoms with E-state index in [-0.39, 0.29) is 11.9 Å². The van der Waals surface area contributed by atoms with Gasteiger partial charge in [0.2, 0.25) is 5.96 Å². The third-order valence-corrected chi connectivity index (χ3v) is 2.69. The van der Waals surface area contributed by atoms with Gasteiger partial charge in [-0.1, -0.05) is 6.07 Å². The molecule has 0 aliphatic rings. The maximum atomic E-state index is 5.51. The first-order valence-electron chi connectivity index (χ1n) is 3.88. The van der Waals surface area contributed by atoms with E-state index in [9.17, 15) is 0 Å². The molecule has 0 aliphatic heterocycles. The van der Waals surface area contributed by atoms with Crippen molar-refractivity contribution in [3.63, 3.8) is 0 Å². The molecule has 0 aliphatic carbocycles. The molecule has 0 amide bonds. The molecule has 0 spiro atoms. The Labute approximate surface area is 104 Å². The number of nitrogens with zero attached hydrogens (tertiary/aromatic N) is 2. The van der Waals surface area contributed by atoms with Gasteiger partial charge < -0.3 is 17.2 Å². The smallest absolute Gasteiger partial charge is 0.223 e.